The van der Waals surface area contributed by atoms with Gasteiger partial charge in [-0.15, -0.1) is 17.7 Å². The van der Waals surface area contributed by atoms with Crippen LogP contribution in [0, 0.1) is 31.2 Å². The first kappa shape index (κ1) is 45.8. The Bertz CT molecular complexity index is 3500. The van der Waals surface area contributed by atoms with Crippen molar-refractivity contribution in [3.8, 4) is 34.1 Å². The average molecular weight is 1090 g/mol. The van der Waals surface area contributed by atoms with Crippen LogP contribution in [0.4, 0.5) is 14.5 Å². The van der Waals surface area contributed by atoms with Gasteiger partial charge < -0.3 is 28.7 Å². The fraction of sp³-hybridized carbons (Fsp3) is 0.0702. The third-order valence-electron chi connectivity index (χ3n) is 11.9. The van der Waals surface area contributed by atoms with E-state index in [1.165, 1.54) is 27.7 Å². The smallest absolute Gasteiger partial charge is 0.176 e. The minimum absolute atomic E-state index is 0. The second-order valence-electron chi connectivity index (χ2n) is 16.2. The quantitative estimate of drug-likeness (QED) is 0.109. The standard InChI is InChI=1S/C50H31F2N4O2.C7H10N2O.Ir/c1-53-50-43(51)23-22-42(49(50)52)44-28-32(24-25-54-44)30-57-36-18-20-37(21-19-36)58-31-33-26-34(55-45-14-6-2-10-38(45)39-11-3-7-15-46(39)55)29-35(27-33)56-47-16-8-4-12-40(47)41-13-5-9-17-48(41)56;1-5-4-7(6(2)10)8-9(5)3;/h2-21,23-29H,30-31H2;4,10H,2H2,1,3H3;/q-1;;. The summed E-state index contributed by atoms with van der Waals surface area (Å²) in [5.41, 5.74) is 9.33. The Morgan fingerprint density at radius 2 is 1.16 bits per heavy atom. The molecule has 12 heteroatoms. The minimum Gasteiger partial charge on any atom is -0.506 e. The molecular formula is C57H41F2IrN6O3-. The summed E-state index contributed by atoms with van der Waals surface area (Å²) in [4.78, 5) is 7.18. The van der Waals surface area contributed by atoms with Crippen molar-refractivity contribution < 1.29 is 43.5 Å². The molecule has 69 heavy (non-hydrogen) atoms. The molecule has 9 nitrogen and oxygen atoms in total. The molecule has 0 aliphatic rings. The molecular weight excluding hydrogens is 1050 g/mol. The van der Waals surface area contributed by atoms with E-state index in [1.807, 2.05) is 38.2 Å². The Kier molecular flexibility index (Phi) is 12.9. The van der Waals surface area contributed by atoms with Crippen molar-refractivity contribution >= 4 is 55.1 Å². The monoisotopic (exact) mass is 1090 g/mol. The molecule has 7 aromatic carbocycles. The van der Waals surface area contributed by atoms with Crippen LogP contribution in [-0.2, 0) is 40.4 Å². The number of aliphatic hydroxyl groups is 1. The summed E-state index contributed by atoms with van der Waals surface area (Å²) in [5, 5.41) is 17.6. The number of ether oxygens (including phenoxy) is 2. The topological polar surface area (TPSA) is 83.6 Å². The van der Waals surface area contributed by atoms with Crippen molar-refractivity contribution in [2.45, 2.75) is 20.1 Å². The van der Waals surface area contributed by atoms with Crippen LogP contribution in [-0.4, -0.2) is 29.0 Å². The molecule has 0 fully saturated rings. The summed E-state index contributed by atoms with van der Waals surface area (Å²) < 4.78 is 47.6. The number of nitrogens with zero attached hydrogens (tertiary/aromatic N) is 6. The maximum atomic E-state index is 14.8. The number of rotatable bonds is 10. The van der Waals surface area contributed by atoms with Crippen LogP contribution >= 0.6 is 0 Å². The van der Waals surface area contributed by atoms with E-state index in [0.717, 1.165) is 50.8 Å². The molecule has 0 aliphatic heterocycles. The van der Waals surface area contributed by atoms with Crippen LogP contribution in [0.3, 0.4) is 0 Å². The molecule has 0 atom stereocenters. The zero-order valence-corrected chi connectivity index (χ0v) is 39.7. The first-order valence-corrected chi connectivity index (χ1v) is 21.7. The van der Waals surface area contributed by atoms with Crippen molar-refractivity contribution in [2.75, 3.05) is 0 Å². The Hall–Kier alpha value is -8.36. The number of aromatic nitrogens is 5. The number of aliphatic hydroxyl groups excluding tert-OH is 1. The molecule has 341 valence electrons. The summed E-state index contributed by atoms with van der Waals surface area (Å²) in [6.07, 6.45) is 1.52. The molecule has 0 amide bonds. The van der Waals surface area contributed by atoms with Crippen molar-refractivity contribution in [3.63, 3.8) is 0 Å². The van der Waals surface area contributed by atoms with Gasteiger partial charge in [0.15, 0.2) is 5.69 Å². The molecule has 0 saturated carbocycles. The molecule has 4 aromatic heterocycles. The largest absolute Gasteiger partial charge is 0.506 e. The number of aryl methyl sites for hydroxylation is 2. The van der Waals surface area contributed by atoms with E-state index in [4.69, 9.17) is 21.2 Å². The van der Waals surface area contributed by atoms with Gasteiger partial charge in [-0.3, -0.25) is 18.3 Å². The van der Waals surface area contributed by atoms with E-state index in [9.17, 15) is 8.78 Å². The second kappa shape index (κ2) is 19.5. The summed E-state index contributed by atoms with van der Waals surface area (Å²) in [7, 11) is 1.82. The van der Waals surface area contributed by atoms with Crippen LogP contribution in [0.2, 0.25) is 0 Å². The van der Waals surface area contributed by atoms with Crippen LogP contribution < -0.4 is 9.47 Å². The number of hydrogen-bond acceptors (Lipinski definition) is 5. The molecule has 1 radical (unpaired) electrons. The van der Waals surface area contributed by atoms with Crippen LogP contribution in [0.15, 0.2) is 177 Å². The zero-order chi connectivity index (χ0) is 46.9. The Morgan fingerprint density at radius 3 is 1.59 bits per heavy atom. The number of para-hydroxylation sites is 4. The van der Waals surface area contributed by atoms with E-state index in [0.29, 0.717) is 29.4 Å². The Morgan fingerprint density at radius 1 is 0.681 bits per heavy atom. The third-order valence-corrected chi connectivity index (χ3v) is 11.9. The first-order chi connectivity index (χ1) is 33.1. The van der Waals surface area contributed by atoms with Gasteiger partial charge in [0.1, 0.15) is 36.2 Å². The van der Waals surface area contributed by atoms with Gasteiger partial charge in [0.25, 0.3) is 0 Å². The fourth-order valence-electron chi connectivity index (χ4n) is 8.55. The van der Waals surface area contributed by atoms with E-state index in [2.05, 4.69) is 152 Å². The number of pyridine rings is 1. The van der Waals surface area contributed by atoms with Crippen LogP contribution in [0.1, 0.15) is 22.5 Å². The maximum absolute atomic E-state index is 14.8. The molecule has 4 heterocycles. The SMILES string of the molecule is C=C(O)c1cc(C)n(C)n1.[C-]#[N+]c1c(F)c[c-]c(-c2cc(COc3ccc(OCc4cc(-n5c6ccccc6c6ccccc65)cc(-n5c6ccccc6c6ccccc65)c4)cc3)ccn2)c1F.[Ir]. The van der Waals surface area contributed by atoms with Gasteiger partial charge in [-0.25, -0.2) is 0 Å². The van der Waals surface area contributed by atoms with E-state index in [-0.39, 0.29) is 43.7 Å². The van der Waals surface area contributed by atoms with E-state index < -0.39 is 17.3 Å². The van der Waals surface area contributed by atoms with Crippen LogP contribution in [0.25, 0.3) is 76.8 Å². The Balaban J connectivity index is 0.000000482. The summed E-state index contributed by atoms with van der Waals surface area (Å²) in [5.74, 6) is -0.638. The molecule has 0 saturated heterocycles. The second-order valence-corrected chi connectivity index (χ2v) is 16.2. The third kappa shape index (κ3) is 8.97. The number of fused-ring (bicyclic) bond motifs is 6. The molecule has 0 spiro atoms. The van der Waals surface area contributed by atoms with Crippen molar-refractivity contribution in [1.82, 2.24) is 23.9 Å². The van der Waals surface area contributed by atoms with Crippen molar-refractivity contribution in [3.05, 3.63) is 228 Å². The van der Waals surface area contributed by atoms with Crippen molar-refractivity contribution in [1.29, 1.82) is 0 Å². The molecule has 11 aromatic rings. The normalized spacial score (nSPS) is 11.0. The van der Waals surface area contributed by atoms with Gasteiger partial charge in [0.05, 0.1) is 28.6 Å². The summed E-state index contributed by atoms with van der Waals surface area (Å²) >= 11 is 0. The number of halogens is 2. The maximum Gasteiger partial charge on any atom is 0.176 e. The molecule has 1 N–H and O–H groups in total. The summed E-state index contributed by atoms with van der Waals surface area (Å²) in [6.45, 7) is 12.9. The Labute approximate surface area is 409 Å². The van der Waals surface area contributed by atoms with Crippen molar-refractivity contribution in [2.24, 2.45) is 7.05 Å². The predicted octanol–water partition coefficient (Wildman–Crippen LogP) is 14.0. The van der Waals surface area contributed by atoms with Crippen LogP contribution in [0.5, 0.6) is 11.5 Å². The van der Waals surface area contributed by atoms with Gasteiger partial charge >= 0.3 is 0 Å². The van der Waals surface area contributed by atoms with E-state index >= 15 is 0 Å². The zero-order valence-electron chi connectivity index (χ0n) is 37.3. The van der Waals surface area contributed by atoms with E-state index in [1.54, 1.807) is 22.9 Å². The summed E-state index contributed by atoms with van der Waals surface area (Å²) in [6, 6.07) is 56.8. The van der Waals surface area contributed by atoms with Gasteiger partial charge in [-0.1, -0.05) is 85.4 Å². The molecule has 11 rings (SSSR count). The number of hydrogen-bond donors (Lipinski definition) is 1. The van der Waals surface area contributed by atoms with Gasteiger partial charge in [0, 0.05) is 83.6 Å². The van der Waals surface area contributed by atoms with Gasteiger partial charge in [-0.05, 0) is 103 Å². The predicted molar refractivity (Wildman–Crippen MR) is 265 cm³/mol. The molecule has 0 bridgehead atoms. The molecule has 0 unspecified atom stereocenters. The van der Waals surface area contributed by atoms with Gasteiger partial charge in [-0.2, -0.15) is 5.10 Å². The minimum atomic E-state index is -0.988. The fourth-order valence-corrected chi connectivity index (χ4v) is 8.55. The average Bonchev–Trinajstić information content (AvgIpc) is 4.02. The number of benzene rings is 7. The van der Waals surface area contributed by atoms with Gasteiger partial charge in [0.2, 0.25) is 0 Å². The molecule has 0 aliphatic carbocycles. The first-order valence-electron chi connectivity index (χ1n) is 21.7.